The summed E-state index contributed by atoms with van der Waals surface area (Å²) in [6, 6.07) is 7.94. The van der Waals surface area contributed by atoms with Crippen LogP contribution in [0.2, 0.25) is 0 Å². The van der Waals surface area contributed by atoms with E-state index in [9.17, 15) is 14.0 Å². The highest BCUT2D eigenvalue weighted by molar-refractivity contribution is 9.11. The molecule has 0 heterocycles. The predicted molar refractivity (Wildman–Crippen MR) is 79.5 cm³/mol. The molecule has 4 nitrogen and oxygen atoms in total. The molecule has 0 radical (unpaired) electrons. The average Bonchev–Trinajstić information content (AvgIpc) is 2.43. The maximum absolute atomic E-state index is 11.9. The normalized spacial score (nSPS) is 20.5. The SMILES string of the molecule is CC1(C(=O)O)CC(C(=O)O)=CC=C1Br.Fc1ccccc1. The number of hydrogen-bond acceptors (Lipinski definition) is 2. The highest BCUT2D eigenvalue weighted by Crippen LogP contribution is 2.40. The van der Waals surface area contributed by atoms with Crippen LogP contribution in [-0.4, -0.2) is 22.2 Å². The largest absolute Gasteiger partial charge is 0.481 e. The van der Waals surface area contributed by atoms with Crippen molar-refractivity contribution in [3.05, 3.63) is 58.4 Å². The van der Waals surface area contributed by atoms with E-state index in [0.29, 0.717) is 4.48 Å². The summed E-state index contributed by atoms with van der Waals surface area (Å²) in [6.45, 7) is 1.49. The molecule has 0 saturated heterocycles. The van der Waals surface area contributed by atoms with Crippen molar-refractivity contribution in [3.8, 4) is 0 Å². The van der Waals surface area contributed by atoms with E-state index in [1.165, 1.54) is 31.2 Å². The quantitative estimate of drug-likeness (QED) is 0.848. The lowest BCUT2D eigenvalue weighted by Gasteiger charge is -2.27. The van der Waals surface area contributed by atoms with Gasteiger partial charge in [-0.25, -0.2) is 9.18 Å². The maximum atomic E-state index is 11.9. The van der Waals surface area contributed by atoms with Crippen LogP contribution in [0.5, 0.6) is 0 Å². The molecule has 21 heavy (non-hydrogen) atoms. The number of halogens is 2. The van der Waals surface area contributed by atoms with Gasteiger partial charge in [0, 0.05) is 10.1 Å². The summed E-state index contributed by atoms with van der Waals surface area (Å²) >= 11 is 3.13. The molecule has 0 amide bonds. The fourth-order valence-corrected chi connectivity index (χ4v) is 2.06. The maximum Gasteiger partial charge on any atom is 0.331 e. The molecule has 1 aliphatic rings. The lowest BCUT2D eigenvalue weighted by atomic mass is 9.80. The van der Waals surface area contributed by atoms with Crippen LogP contribution < -0.4 is 0 Å². The van der Waals surface area contributed by atoms with E-state index in [-0.39, 0.29) is 17.8 Å². The standard InChI is InChI=1S/C9H9BrO4.C6H5F/c1-9(8(13)14)4-5(7(11)12)2-3-6(9)10;7-6-4-2-1-3-5-6/h2-3H,4H2,1H3,(H,11,12)(H,13,14);1-5H. The second-order valence-electron chi connectivity index (χ2n) is 4.62. The summed E-state index contributed by atoms with van der Waals surface area (Å²) in [6.07, 6.45) is 2.88. The van der Waals surface area contributed by atoms with Crippen molar-refractivity contribution in [1.82, 2.24) is 0 Å². The van der Waals surface area contributed by atoms with E-state index in [1.54, 1.807) is 18.2 Å². The zero-order chi connectivity index (χ0) is 16.0. The van der Waals surface area contributed by atoms with Crippen molar-refractivity contribution in [2.45, 2.75) is 13.3 Å². The Kier molecular flexibility index (Phi) is 5.84. The van der Waals surface area contributed by atoms with Crippen molar-refractivity contribution in [2.75, 3.05) is 0 Å². The van der Waals surface area contributed by atoms with Gasteiger partial charge in [-0.05, 0) is 25.5 Å². The van der Waals surface area contributed by atoms with E-state index in [2.05, 4.69) is 15.9 Å². The number of aliphatic carboxylic acids is 2. The molecule has 2 N–H and O–H groups in total. The van der Waals surface area contributed by atoms with Crippen molar-refractivity contribution < 1.29 is 24.2 Å². The third-order valence-electron chi connectivity index (χ3n) is 2.98. The Hall–Kier alpha value is -1.95. The number of rotatable bonds is 2. The molecule has 1 unspecified atom stereocenters. The van der Waals surface area contributed by atoms with Gasteiger partial charge < -0.3 is 10.2 Å². The van der Waals surface area contributed by atoms with Gasteiger partial charge in [0.1, 0.15) is 11.2 Å². The number of carboxylic acids is 2. The van der Waals surface area contributed by atoms with Crippen LogP contribution in [0.25, 0.3) is 0 Å². The van der Waals surface area contributed by atoms with Crippen LogP contribution in [0.4, 0.5) is 4.39 Å². The number of carboxylic acid groups (broad SMARTS) is 2. The molecule has 1 aliphatic carbocycles. The van der Waals surface area contributed by atoms with Gasteiger partial charge in [-0.15, -0.1) is 0 Å². The van der Waals surface area contributed by atoms with Crippen molar-refractivity contribution in [2.24, 2.45) is 5.41 Å². The molecule has 1 atom stereocenters. The van der Waals surface area contributed by atoms with E-state index in [0.717, 1.165) is 0 Å². The minimum Gasteiger partial charge on any atom is -0.481 e. The first-order valence-electron chi connectivity index (χ1n) is 6.01. The number of allylic oxidation sites excluding steroid dienone is 2. The highest BCUT2D eigenvalue weighted by atomic mass is 79.9. The van der Waals surface area contributed by atoms with Crippen LogP contribution in [0.3, 0.4) is 0 Å². The van der Waals surface area contributed by atoms with Crippen molar-refractivity contribution in [1.29, 1.82) is 0 Å². The van der Waals surface area contributed by atoms with E-state index in [1.807, 2.05) is 0 Å². The monoisotopic (exact) mass is 356 g/mol. The molecule has 2 rings (SSSR count). The number of hydrogen-bond donors (Lipinski definition) is 2. The Morgan fingerprint density at radius 3 is 2.14 bits per heavy atom. The minimum atomic E-state index is -1.16. The molecule has 0 spiro atoms. The Labute approximate surface area is 129 Å². The smallest absolute Gasteiger partial charge is 0.331 e. The van der Waals surface area contributed by atoms with Gasteiger partial charge >= 0.3 is 11.9 Å². The third kappa shape index (κ3) is 4.53. The molecule has 0 saturated carbocycles. The zero-order valence-electron chi connectivity index (χ0n) is 11.2. The zero-order valence-corrected chi connectivity index (χ0v) is 12.8. The topological polar surface area (TPSA) is 74.6 Å². The molecule has 0 fully saturated rings. The summed E-state index contributed by atoms with van der Waals surface area (Å²) in [5, 5.41) is 17.7. The van der Waals surface area contributed by atoms with Gasteiger partial charge in [0.25, 0.3) is 0 Å². The molecule has 1 aromatic rings. The van der Waals surface area contributed by atoms with Gasteiger partial charge in [0.15, 0.2) is 0 Å². The van der Waals surface area contributed by atoms with Crippen molar-refractivity contribution >= 4 is 27.9 Å². The minimum absolute atomic E-state index is 0.00521. The van der Waals surface area contributed by atoms with Gasteiger partial charge in [-0.2, -0.15) is 0 Å². The molecule has 6 heteroatoms. The fourth-order valence-electron chi connectivity index (χ4n) is 1.62. The van der Waals surface area contributed by atoms with Gasteiger partial charge in [0.05, 0.1) is 0 Å². The first kappa shape index (κ1) is 17.1. The second-order valence-corrected chi connectivity index (χ2v) is 5.48. The second kappa shape index (κ2) is 7.17. The lowest BCUT2D eigenvalue weighted by Crippen LogP contribution is -2.31. The first-order valence-corrected chi connectivity index (χ1v) is 6.80. The third-order valence-corrected chi connectivity index (χ3v) is 4.12. The fraction of sp³-hybridized carbons (Fsp3) is 0.200. The Morgan fingerprint density at radius 2 is 1.76 bits per heavy atom. The van der Waals surface area contributed by atoms with Crippen LogP contribution in [0, 0.1) is 11.2 Å². The first-order chi connectivity index (χ1) is 9.77. The molecular formula is C15H14BrFO4. The summed E-state index contributed by atoms with van der Waals surface area (Å²) < 4.78 is 12.4. The molecule has 0 aliphatic heterocycles. The Balaban J connectivity index is 0.000000262. The Morgan fingerprint density at radius 1 is 1.19 bits per heavy atom. The number of carbonyl (C=O) groups is 2. The van der Waals surface area contributed by atoms with Crippen LogP contribution in [0.15, 0.2) is 52.5 Å². The van der Waals surface area contributed by atoms with E-state index < -0.39 is 17.4 Å². The van der Waals surface area contributed by atoms with Gasteiger partial charge in [-0.3, -0.25) is 4.79 Å². The molecular weight excluding hydrogens is 343 g/mol. The van der Waals surface area contributed by atoms with Crippen LogP contribution in [-0.2, 0) is 9.59 Å². The van der Waals surface area contributed by atoms with Crippen LogP contribution in [0.1, 0.15) is 13.3 Å². The Bertz CT molecular complexity index is 595. The summed E-state index contributed by atoms with van der Waals surface area (Å²) in [7, 11) is 0. The molecule has 0 aromatic heterocycles. The molecule has 112 valence electrons. The van der Waals surface area contributed by atoms with Gasteiger partial charge in [-0.1, -0.05) is 46.3 Å². The average molecular weight is 357 g/mol. The van der Waals surface area contributed by atoms with Gasteiger partial charge in [0.2, 0.25) is 0 Å². The van der Waals surface area contributed by atoms with Crippen molar-refractivity contribution in [3.63, 3.8) is 0 Å². The highest BCUT2D eigenvalue weighted by Gasteiger charge is 2.39. The lowest BCUT2D eigenvalue weighted by molar-refractivity contribution is -0.145. The molecule has 1 aromatic carbocycles. The summed E-state index contributed by atoms with van der Waals surface area (Å²) in [5.74, 6) is -2.29. The summed E-state index contributed by atoms with van der Waals surface area (Å²) in [4.78, 5) is 21.6. The number of benzene rings is 1. The van der Waals surface area contributed by atoms with E-state index >= 15 is 0 Å². The van der Waals surface area contributed by atoms with Crippen LogP contribution >= 0.6 is 15.9 Å². The predicted octanol–water partition coefficient (Wildman–Crippen LogP) is 3.60. The summed E-state index contributed by atoms with van der Waals surface area (Å²) in [5.41, 5.74) is -1.05. The van der Waals surface area contributed by atoms with E-state index in [4.69, 9.17) is 10.2 Å². The molecule has 0 bridgehead atoms.